The van der Waals surface area contributed by atoms with E-state index in [1.54, 1.807) is 19.9 Å². The predicted molar refractivity (Wildman–Crippen MR) is 113 cm³/mol. The molecule has 0 fully saturated rings. The Bertz CT molecular complexity index is 885. The van der Waals surface area contributed by atoms with E-state index < -0.39 is 12.0 Å². The molecular formula is C24H28N2O3. The molecule has 0 spiro atoms. The van der Waals surface area contributed by atoms with Crippen LogP contribution in [0.4, 0.5) is 0 Å². The average molecular weight is 392 g/mol. The number of nitrogens with zero attached hydrogens (tertiary/aromatic N) is 2. The number of hydrogen-bond acceptors (Lipinski definition) is 3. The maximum atomic E-state index is 12.8. The van der Waals surface area contributed by atoms with Crippen molar-refractivity contribution >= 4 is 11.9 Å². The normalized spacial score (nSPS) is 11.7. The maximum Gasteiger partial charge on any atom is 0.326 e. The molecule has 0 saturated heterocycles. The summed E-state index contributed by atoms with van der Waals surface area (Å²) < 4.78 is 0. The van der Waals surface area contributed by atoms with E-state index in [4.69, 9.17) is 0 Å². The Morgan fingerprint density at radius 3 is 2.38 bits per heavy atom. The zero-order chi connectivity index (χ0) is 21.4. The van der Waals surface area contributed by atoms with Crippen LogP contribution in [0, 0.1) is 17.2 Å². The lowest BCUT2D eigenvalue weighted by molar-refractivity contribution is -0.153. The number of nitriles is 1. The Morgan fingerprint density at radius 1 is 1.14 bits per heavy atom. The average Bonchev–Trinajstić information content (AvgIpc) is 2.71. The fourth-order valence-electron chi connectivity index (χ4n) is 3.44. The Balaban J connectivity index is 2.38. The first-order valence-electron chi connectivity index (χ1n) is 9.99. The number of amides is 1. The van der Waals surface area contributed by atoms with Gasteiger partial charge in [0.25, 0.3) is 0 Å². The van der Waals surface area contributed by atoms with Gasteiger partial charge >= 0.3 is 5.97 Å². The molecule has 0 bridgehead atoms. The van der Waals surface area contributed by atoms with E-state index in [0.29, 0.717) is 12.0 Å². The molecule has 29 heavy (non-hydrogen) atoms. The SMILES string of the molecule is CCCCC(=O)N(Cc1ccc(-c2ccccc2)c(C#N)c1)[C@H](C(=O)O)C(C)C. The van der Waals surface area contributed by atoms with E-state index in [2.05, 4.69) is 6.07 Å². The monoisotopic (exact) mass is 392 g/mol. The fraction of sp³-hybridized carbons (Fsp3) is 0.375. The van der Waals surface area contributed by atoms with Crippen LogP contribution in [0.25, 0.3) is 11.1 Å². The smallest absolute Gasteiger partial charge is 0.326 e. The number of aliphatic carboxylic acids is 1. The van der Waals surface area contributed by atoms with Crippen LogP contribution in [-0.4, -0.2) is 27.9 Å². The van der Waals surface area contributed by atoms with E-state index in [-0.39, 0.29) is 18.4 Å². The minimum Gasteiger partial charge on any atom is -0.480 e. The highest BCUT2D eigenvalue weighted by molar-refractivity contribution is 5.84. The van der Waals surface area contributed by atoms with Crippen LogP contribution < -0.4 is 0 Å². The molecule has 152 valence electrons. The van der Waals surface area contributed by atoms with Crippen LogP contribution in [-0.2, 0) is 16.1 Å². The summed E-state index contributed by atoms with van der Waals surface area (Å²) in [7, 11) is 0. The Hall–Kier alpha value is -3.13. The van der Waals surface area contributed by atoms with Gasteiger partial charge in [-0.3, -0.25) is 4.79 Å². The van der Waals surface area contributed by atoms with Crippen LogP contribution in [0.5, 0.6) is 0 Å². The lowest BCUT2D eigenvalue weighted by Gasteiger charge is -2.32. The largest absolute Gasteiger partial charge is 0.480 e. The molecule has 5 heteroatoms. The fourth-order valence-corrected chi connectivity index (χ4v) is 3.44. The summed E-state index contributed by atoms with van der Waals surface area (Å²) in [6.45, 7) is 5.77. The summed E-state index contributed by atoms with van der Waals surface area (Å²) in [4.78, 5) is 26.1. The third-order valence-electron chi connectivity index (χ3n) is 4.93. The van der Waals surface area contributed by atoms with Crippen molar-refractivity contribution in [3.8, 4) is 17.2 Å². The van der Waals surface area contributed by atoms with Crippen LogP contribution >= 0.6 is 0 Å². The first-order chi connectivity index (χ1) is 13.9. The van der Waals surface area contributed by atoms with Gasteiger partial charge in [0, 0.05) is 13.0 Å². The van der Waals surface area contributed by atoms with E-state index in [1.807, 2.05) is 49.4 Å². The predicted octanol–water partition coefficient (Wildman–Crippen LogP) is 4.85. The second-order valence-corrected chi connectivity index (χ2v) is 7.51. The summed E-state index contributed by atoms with van der Waals surface area (Å²) in [6, 6.07) is 16.4. The second kappa shape index (κ2) is 10.4. The number of carboxylic acid groups (broad SMARTS) is 1. The van der Waals surface area contributed by atoms with Gasteiger partial charge in [-0.2, -0.15) is 5.26 Å². The van der Waals surface area contributed by atoms with Crippen molar-refractivity contribution in [1.82, 2.24) is 4.90 Å². The number of hydrogen-bond donors (Lipinski definition) is 1. The lowest BCUT2D eigenvalue weighted by atomic mass is 9.96. The van der Waals surface area contributed by atoms with Crippen molar-refractivity contribution in [2.24, 2.45) is 5.92 Å². The molecule has 1 amide bonds. The molecule has 5 nitrogen and oxygen atoms in total. The molecule has 2 rings (SSSR count). The van der Waals surface area contributed by atoms with E-state index >= 15 is 0 Å². The minimum absolute atomic E-state index is 0.168. The molecule has 0 saturated carbocycles. The highest BCUT2D eigenvalue weighted by Gasteiger charge is 2.32. The number of carbonyl (C=O) groups excluding carboxylic acids is 1. The van der Waals surface area contributed by atoms with Crippen molar-refractivity contribution in [2.75, 3.05) is 0 Å². The first-order valence-corrected chi connectivity index (χ1v) is 9.99. The third-order valence-corrected chi connectivity index (χ3v) is 4.93. The van der Waals surface area contributed by atoms with Gasteiger partial charge < -0.3 is 10.0 Å². The van der Waals surface area contributed by atoms with Crippen molar-refractivity contribution in [3.05, 3.63) is 59.7 Å². The molecule has 1 atom stereocenters. The van der Waals surface area contributed by atoms with Crippen molar-refractivity contribution < 1.29 is 14.7 Å². The number of carbonyl (C=O) groups is 2. The van der Waals surface area contributed by atoms with E-state index in [9.17, 15) is 20.0 Å². The molecule has 0 radical (unpaired) electrons. The molecule has 0 aliphatic heterocycles. The van der Waals surface area contributed by atoms with E-state index in [0.717, 1.165) is 29.5 Å². The molecule has 0 aliphatic rings. The standard InChI is InChI=1S/C24H28N2O3/c1-4-5-11-22(27)26(23(17(2)3)24(28)29)16-18-12-13-21(20(14-18)15-25)19-9-7-6-8-10-19/h6-10,12-14,17,23H,4-5,11,16H2,1-3H3,(H,28,29)/t23-/m0/s1. The van der Waals surface area contributed by atoms with Crippen molar-refractivity contribution in [2.45, 2.75) is 52.6 Å². The van der Waals surface area contributed by atoms with Crippen molar-refractivity contribution in [1.29, 1.82) is 5.26 Å². The molecule has 0 aliphatic carbocycles. The van der Waals surface area contributed by atoms with Crippen molar-refractivity contribution in [3.63, 3.8) is 0 Å². The highest BCUT2D eigenvalue weighted by Crippen LogP contribution is 2.26. The number of rotatable bonds is 9. The molecule has 2 aromatic carbocycles. The zero-order valence-corrected chi connectivity index (χ0v) is 17.3. The molecule has 0 heterocycles. The molecular weight excluding hydrogens is 364 g/mol. The van der Waals surface area contributed by atoms with Crippen LogP contribution in [0.3, 0.4) is 0 Å². The van der Waals surface area contributed by atoms with Gasteiger partial charge in [-0.15, -0.1) is 0 Å². The molecule has 2 aromatic rings. The van der Waals surface area contributed by atoms with E-state index in [1.165, 1.54) is 4.90 Å². The Morgan fingerprint density at radius 2 is 1.83 bits per heavy atom. The Labute approximate surface area is 172 Å². The second-order valence-electron chi connectivity index (χ2n) is 7.51. The van der Waals surface area contributed by atoms with Gasteiger partial charge in [0.15, 0.2) is 0 Å². The lowest BCUT2D eigenvalue weighted by Crippen LogP contribution is -2.47. The van der Waals surface area contributed by atoms with Crippen LogP contribution in [0.2, 0.25) is 0 Å². The number of carboxylic acids is 1. The Kier molecular flexibility index (Phi) is 7.97. The van der Waals surface area contributed by atoms with Gasteiger partial charge in [-0.05, 0) is 35.1 Å². The van der Waals surface area contributed by atoms with Gasteiger partial charge in [-0.25, -0.2) is 4.79 Å². The highest BCUT2D eigenvalue weighted by atomic mass is 16.4. The molecule has 0 unspecified atom stereocenters. The third kappa shape index (κ3) is 5.68. The minimum atomic E-state index is -1.01. The molecule has 0 aromatic heterocycles. The number of benzene rings is 2. The maximum absolute atomic E-state index is 12.8. The van der Waals surface area contributed by atoms with Gasteiger partial charge in [0.1, 0.15) is 6.04 Å². The summed E-state index contributed by atoms with van der Waals surface area (Å²) in [5.74, 6) is -1.40. The topological polar surface area (TPSA) is 81.4 Å². The summed E-state index contributed by atoms with van der Waals surface area (Å²) in [5.41, 5.74) is 3.01. The van der Waals surface area contributed by atoms with Gasteiger partial charge in [0.2, 0.25) is 5.91 Å². The summed E-state index contributed by atoms with van der Waals surface area (Å²) in [5, 5.41) is 19.3. The van der Waals surface area contributed by atoms with Crippen LogP contribution in [0.15, 0.2) is 48.5 Å². The number of unbranched alkanes of at least 4 members (excludes halogenated alkanes) is 1. The van der Waals surface area contributed by atoms with Gasteiger partial charge in [0.05, 0.1) is 11.6 Å². The van der Waals surface area contributed by atoms with Crippen LogP contribution in [0.1, 0.15) is 51.2 Å². The summed E-state index contributed by atoms with van der Waals surface area (Å²) in [6.07, 6.45) is 1.90. The van der Waals surface area contributed by atoms with Gasteiger partial charge in [-0.1, -0.05) is 69.7 Å². The first kappa shape index (κ1) is 22.2. The summed E-state index contributed by atoms with van der Waals surface area (Å²) >= 11 is 0. The molecule has 1 N–H and O–H groups in total. The zero-order valence-electron chi connectivity index (χ0n) is 17.3. The quantitative estimate of drug-likeness (QED) is 0.661.